The largest absolute Gasteiger partial charge is 0.481 e. The average molecular weight is 275 g/mol. The van der Waals surface area contributed by atoms with Crippen LogP contribution in [0.2, 0.25) is 0 Å². The van der Waals surface area contributed by atoms with Crippen molar-refractivity contribution in [1.29, 1.82) is 0 Å². The summed E-state index contributed by atoms with van der Waals surface area (Å²) in [5, 5.41) is 12.1. The van der Waals surface area contributed by atoms with Gasteiger partial charge in [0.1, 0.15) is 0 Å². The van der Waals surface area contributed by atoms with Crippen LogP contribution in [0.5, 0.6) is 0 Å². The number of carbonyl (C=O) groups is 2. The van der Waals surface area contributed by atoms with Crippen molar-refractivity contribution in [3.05, 3.63) is 29.8 Å². The Morgan fingerprint density at radius 3 is 2.60 bits per heavy atom. The summed E-state index contributed by atoms with van der Waals surface area (Å²) < 4.78 is 0. The van der Waals surface area contributed by atoms with Crippen LogP contribution < -0.4 is 5.32 Å². The van der Waals surface area contributed by atoms with E-state index < -0.39 is 17.8 Å². The molecule has 1 aliphatic carbocycles. The molecule has 20 heavy (non-hydrogen) atoms. The molecule has 0 aliphatic heterocycles. The third-order valence-electron chi connectivity index (χ3n) is 4.02. The molecule has 1 aromatic carbocycles. The van der Waals surface area contributed by atoms with E-state index in [4.69, 9.17) is 0 Å². The molecular weight excluding hydrogens is 254 g/mol. The summed E-state index contributed by atoms with van der Waals surface area (Å²) in [6, 6.07) is 7.70. The monoisotopic (exact) mass is 275 g/mol. The van der Waals surface area contributed by atoms with Gasteiger partial charge in [-0.25, -0.2) is 0 Å². The van der Waals surface area contributed by atoms with Gasteiger partial charge in [0.05, 0.1) is 11.8 Å². The van der Waals surface area contributed by atoms with Gasteiger partial charge in [-0.05, 0) is 37.0 Å². The molecule has 0 saturated heterocycles. The summed E-state index contributed by atoms with van der Waals surface area (Å²) in [6.45, 7) is 2.06. The van der Waals surface area contributed by atoms with Crippen molar-refractivity contribution in [1.82, 2.24) is 0 Å². The molecule has 2 rings (SSSR count). The number of carboxylic acid groups (broad SMARTS) is 1. The van der Waals surface area contributed by atoms with Crippen LogP contribution in [-0.4, -0.2) is 17.0 Å². The van der Waals surface area contributed by atoms with Gasteiger partial charge in [0.25, 0.3) is 0 Å². The molecule has 0 unspecified atom stereocenters. The van der Waals surface area contributed by atoms with Gasteiger partial charge in [-0.1, -0.05) is 31.9 Å². The fraction of sp³-hybridized carbons (Fsp3) is 0.500. The number of aliphatic carboxylic acids is 1. The number of benzene rings is 1. The molecule has 2 N–H and O–H groups in total. The molecule has 1 fully saturated rings. The lowest BCUT2D eigenvalue weighted by atomic mass is 9.78. The van der Waals surface area contributed by atoms with Gasteiger partial charge in [-0.15, -0.1) is 0 Å². The first-order valence-corrected chi connectivity index (χ1v) is 7.24. The molecule has 0 heterocycles. The molecule has 4 nitrogen and oxygen atoms in total. The maximum Gasteiger partial charge on any atom is 0.307 e. The van der Waals surface area contributed by atoms with E-state index in [-0.39, 0.29) is 5.91 Å². The SMILES string of the molecule is CCc1cccc(NC(=O)[C@H]2CCCC[C@H]2C(=O)O)c1. The van der Waals surface area contributed by atoms with Gasteiger partial charge < -0.3 is 10.4 Å². The van der Waals surface area contributed by atoms with Gasteiger partial charge in [-0.2, -0.15) is 0 Å². The zero-order chi connectivity index (χ0) is 14.5. The lowest BCUT2D eigenvalue weighted by Crippen LogP contribution is -2.36. The van der Waals surface area contributed by atoms with E-state index in [1.54, 1.807) is 0 Å². The molecular formula is C16H21NO3. The van der Waals surface area contributed by atoms with Crippen molar-refractivity contribution in [3.63, 3.8) is 0 Å². The molecule has 0 spiro atoms. The van der Waals surface area contributed by atoms with E-state index in [2.05, 4.69) is 12.2 Å². The van der Waals surface area contributed by atoms with E-state index in [0.29, 0.717) is 12.8 Å². The highest BCUT2D eigenvalue weighted by Gasteiger charge is 2.35. The van der Waals surface area contributed by atoms with Gasteiger partial charge in [-0.3, -0.25) is 9.59 Å². The number of carboxylic acids is 1. The quantitative estimate of drug-likeness (QED) is 0.887. The van der Waals surface area contributed by atoms with Crippen LogP contribution in [-0.2, 0) is 16.0 Å². The minimum Gasteiger partial charge on any atom is -0.481 e. The van der Waals surface area contributed by atoms with Crippen LogP contribution in [0.3, 0.4) is 0 Å². The molecule has 1 aromatic rings. The van der Waals surface area contributed by atoms with E-state index >= 15 is 0 Å². The van der Waals surface area contributed by atoms with Crippen LogP contribution in [0.1, 0.15) is 38.2 Å². The summed E-state index contributed by atoms with van der Waals surface area (Å²) in [5.74, 6) is -1.97. The highest BCUT2D eigenvalue weighted by molar-refractivity contribution is 5.95. The number of hydrogen-bond donors (Lipinski definition) is 2. The molecule has 1 saturated carbocycles. The van der Waals surface area contributed by atoms with E-state index in [0.717, 1.165) is 30.5 Å². The zero-order valence-corrected chi connectivity index (χ0v) is 11.8. The summed E-state index contributed by atoms with van der Waals surface area (Å²) in [7, 11) is 0. The van der Waals surface area contributed by atoms with E-state index in [1.165, 1.54) is 0 Å². The van der Waals surface area contributed by atoms with Gasteiger partial charge in [0, 0.05) is 5.69 Å². The lowest BCUT2D eigenvalue weighted by Gasteiger charge is -2.27. The summed E-state index contributed by atoms with van der Waals surface area (Å²) in [4.78, 5) is 23.5. The Bertz CT molecular complexity index is 498. The number of anilines is 1. The molecule has 0 bridgehead atoms. The first-order chi connectivity index (χ1) is 9.61. The number of hydrogen-bond acceptors (Lipinski definition) is 2. The second kappa shape index (κ2) is 6.55. The van der Waals surface area contributed by atoms with Crippen molar-refractivity contribution < 1.29 is 14.7 Å². The first kappa shape index (κ1) is 14.6. The average Bonchev–Trinajstić information content (AvgIpc) is 2.47. The molecule has 0 aromatic heterocycles. The van der Waals surface area contributed by atoms with Gasteiger partial charge in [0.2, 0.25) is 5.91 Å². The molecule has 0 radical (unpaired) electrons. The van der Waals surface area contributed by atoms with Crippen molar-refractivity contribution >= 4 is 17.6 Å². The van der Waals surface area contributed by atoms with Crippen molar-refractivity contribution in [2.75, 3.05) is 5.32 Å². The van der Waals surface area contributed by atoms with Crippen molar-refractivity contribution in [2.45, 2.75) is 39.0 Å². The number of carbonyl (C=O) groups excluding carboxylic acids is 1. The van der Waals surface area contributed by atoms with Crippen LogP contribution in [0.15, 0.2) is 24.3 Å². The predicted octanol–water partition coefficient (Wildman–Crippen LogP) is 3.08. The summed E-state index contributed by atoms with van der Waals surface area (Å²) in [5.41, 5.74) is 1.91. The zero-order valence-electron chi connectivity index (χ0n) is 11.8. The topological polar surface area (TPSA) is 66.4 Å². The fourth-order valence-corrected chi connectivity index (χ4v) is 2.84. The fourth-order valence-electron chi connectivity index (χ4n) is 2.84. The third kappa shape index (κ3) is 3.38. The number of nitrogens with one attached hydrogen (secondary N) is 1. The van der Waals surface area contributed by atoms with E-state index in [9.17, 15) is 14.7 Å². The summed E-state index contributed by atoms with van der Waals surface area (Å²) in [6.07, 6.45) is 3.99. The van der Waals surface area contributed by atoms with E-state index in [1.807, 2.05) is 24.3 Å². The highest BCUT2D eigenvalue weighted by Crippen LogP contribution is 2.31. The lowest BCUT2D eigenvalue weighted by molar-refractivity contribution is -0.147. The van der Waals surface area contributed by atoms with Crippen LogP contribution in [0.25, 0.3) is 0 Å². The molecule has 4 heteroatoms. The minimum absolute atomic E-state index is 0.162. The predicted molar refractivity (Wildman–Crippen MR) is 77.5 cm³/mol. The second-order valence-electron chi connectivity index (χ2n) is 5.38. The maximum absolute atomic E-state index is 12.3. The minimum atomic E-state index is -0.854. The Kier molecular flexibility index (Phi) is 4.77. The van der Waals surface area contributed by atoms with Crippen LogP contribution in [0.4, 0.5) is 5.69 Å². The van der Waals surface area contributed by atoms with Crippen molar-refractivity contribution in [3.8, 4) is 0 Å². The highest BCUT2D eigenvalue weighted by atomic mass is 16.4. The Morgan fingerprint density at radius 1 is 1.25 bits per heavy atom. The normalized spacial score (nSPS) is 22.2. The molecule has 1 aliphatic rings. The Balaban J connectivity index is 2.07. The number of aryl methyl sites for hydroxylation is 1. The number of rotatable bonds is 4. The molecule has 2 atom stereocenters. The first-order valence-electron chi connectivity index (χ1n) is 7.24. The second-order valence-corrected chi connectivity index (χ2v) is 5.38. The van der Waals surface area contributed by atoms with Gasteiger partial charge >= 0.3 is 5.97 Å². The Labute approximate surface area is 119 Å². The molecule has 108 valence electrons. The van der Waals surface area contributed by atoms with Gasteiger partial charge in [0.15, 0.2) is 0 Å². The summed E-state index contributed by atoms with van der Waals surface area (Å²) >= 11 is 0. The Hall–Kier alpha value is -1.84. The van der Waals surface area contributed by atoms with Crippen LogP contribution >= 0.6 is 0 Å². The van der Waals surface area contributed by atoms with Crippen LogP contribution in [0, 0.1) is 11.8 Å². The van der Waals surface area contributed by atoms with Crippen molar-refractivity contribution in [2.24, 2.45) is 11.8 Å². The smallest absolute Gasteiger partial charge is 0.307 e. The maximum atomic E-state index is 12.3. The third-order valence-corrected chi connectivity index (χ3v) is 4.02. The molecule has 1 amide bonds. The Morgan fingerprint density at radius 2 is 1.95 bits per heavy atom. The standard InChI is InChI=1S/C16H21NO3/c1-2-11-6-5-7-12(10-11)17-15(18)13-8-3-4-9-14(13)16(19)20/h5-7,10,13-14H,2-4,8-9H2,1H3,(H,17,18)(H,19,20)/t13-,14+/m0/s1. The number of amides is 1.